The maximum absolute atomic E-state index is 11.9. The molecule has 0 bridgehead atoms. The summed E-state index contributed by atoms with van der Waals surface area (Å²) in [6.45, 7) is 5.56. The number of rotatable bonds is 5. The van der Waals surface area contributed by atoms with Crippen LogP contribution in [0.5, 0.6) is 0 Å². The van der Waals surface area contributed by atoms with Crippen LogP contribution in [0.2, 0.25) is 0 Å². The Morgan fingerprint density at radius 1 is 1.29 bits per heavy atom. The summed E-state index contributed by atoms with van der Waals surface area (Å²) < 4.78 is 0. The van der Waals surface area contributed by atoms with Gasteiger partial charge in [-0.2, -0.15) is 0 Å². The van der Waals surface area contributed by atoms with Gasteiger partial charge in [0.05, 0.1) is 12.5 Å². The summed E-state index contributed by atoms with van der Waals surface area (Å²) in [6, 6.07) is 5.16. The number of hydrogen-bond acceptors (Lipinski definition) is 3. The molecule has 0 aliphatic heterocycles. The van der Waals surface area contributed by atoms with Gasteiger partial charge < -0.3 is 15.3 Å². The van der Waals surface area contributed by atoms with E-state index in [0.29, 0.717) is 11.3 Å². The largest absolute Gasteiger partial charge is 0.392 e. The maximum atomic E-state index is 11.9. The van der Waals surface area contributed by atoms with Gasteiger partial charge in [-0.3, -0.25) is 9.59 Å². The molecule has 0 spiro atoms. The average Bonchev–Trinajstić information content (AvgIpc) is 2.37. The SMILES string of the molecule is Cc1cc(NC(=O)CC(O)C(C)C)ccc1C(=O)N(C)C. The first kappa shape index (κ1) is 17.2. The van der Waals surface area contributed by atoms with Crippen molar-refractivity contribution in [3.63, 3.8) is 0 Å². The van der Waals surface area contributed by atoms with Gasteiger partial charge in [-0.15, -0.1) is 0 Å². The third-order valence-electron chi connectivity index (χ3n) is 3.31. The van der Waals surface area contributed by atoms with Crippen LogP contribution in [0.1, 0.15) is 36.2 Å². The highest BCUT2D eigenvalue weighted by Crippen LogP contribution is 2.17. The Bertz CT molecular complexity index is 524. The van der Waals surface area contributed by atoms with E-state index in [1.54, 1.807) is 32.3 Å². The number of aliphatic hydroxyl groups excluding tert-OH is 1. The van der Waals surface area contributed by atoms with E-state index in [9.17, 15) is 14.7 Å². The summed E-state index contributed by atoms with van der Waals surface area (Å²) >= 11 is 0. The van der Waals surface area contributed by atoms with Crippen molar-refractivity contribution in [1.82, 2.24) is 4.90 Å². The molecule has 0 saturated carbocycles. The number of anilines is 1. The first-order valence-electron chi connectivity index (χ1n) is 7.02. The second-order valence-electron chi connectivity index (χ2n) is 5.79. The molecule has 1 unspecified atom stereocenters. The van der Waals surface area contributed by atoms with Crippen molar-refractivity contribution < 1.29 is 14.7 Å². The second kappa shape index (κ2) is 7.22. The fraction of sp³-hybridized carbons (Fsp3) is 0.500. The zero-order valence-electron chi connectivity index (χ0n) is 13.3. The van der Waals surface area contributed by atoms with Crippen LogP contribution in [0.25, 0.3) is 0 Å². The van der Waals surface area contributed by atoms with Gasteiger partial charge in [0.15, 0.2) is 0 Å². The van der Waals surface area contributed by atoms with Gasteiger partial charge in [0.1, 0.15) is 0 Å². The van der Waals surface area contributed by atoms with E-state index < -0.39 is 6.10 Å². The molecule has 0 heterocycles. The molecule has 0 saturated heterocycles. The molecule has 116 valence electrons. The standard InChI is InChI=1S/C16H24N2O3/c1-10(2)14(19)9-15(20)17-12-6-7-13(11(3)8-12)16(21)18(4)5/h6-8,10,14,19H,9H2,1-5H3,(H,17,20). The van der Waals surface area contributed by atoms with E-state index in [1.807, 2.05) is 20.8 Å². The van der Waals surface area contributed by atoms with Gasteiger partial charge in [0, 0.05) is 25.3 Å². The van der Waals surface area contributed by atoms with Crippen LogP contribution in [-0.2, 0) is 4.79 Å². The van der Waals surface area contributed by atoms with Crippen molar-refractivity contribution in [3.8, 4) is 0 Å². The van der Waals surface area contributed by atoms with Crippen LogP contribution in [0.15, 0.2) is 18.2 Å². The minimum atomic E-state index is -0.652. The topological polar surface area (TPSA) is 69.6 Å². The summed E-state index contributed by atoms with van der Waals surface area (Å²) in [4.78, 5) is 25.3. The smallest absolute Gasteiger partial charge is 0.253 e. The summed E-state index contributed by atoms with van der Waals surface area (Å²) in [5.41, 5.74) is 2.04. The van der Waals surface area contributed by atoms with Crippen molar-refractivity contribution in [1.29, 1.82) is 0 Å². The highest BCUT2D eigenvalue weighted by atomic mass is 16.3. The summed E-state index contributed by atoms with van der Waals surface area (Å²) in [6.07, 6.45) is -0.588. The minimum absolute atomic E-state index is 0.0394. The number of carbonyl (C=O) groups excluding carboxylic acids is 2. The maximum Gasteiger partial charge on any atom is 0.253 e. The van der Waals surface area contributed by atoms with Gasteiger partial charge in [-0.25, -0.2) is 0 Å². The van der Waals surface area contributed by atoms with Gasteiger partial charge >= 0.3 is 0 Å². The highest BCUT2D eigenvalue weighted by molar-refractivity contribution is 5.97. The van der Waals surface area contributed by atoms with Crippen LogP contribution in [0.4, 0.5) is 5.69 Å². The van der Waals surface area contributed by atoms with E-state index in [2.05, 4.69) is 5.32 Å². The van der Waals surface area contributed by atoms with Crippen LogP contribution < -0.4 is 5.32 Å². The van der Waals surface area contributed by atoms with Gasteiger partial charge in [0.2, 0.25) is 5.91 Å². The number of hydrogen-bond donors (Lipinski definition) is 2. The number of nitrogens with one attached hydrogen (secondary N) is 1. The van der Waals surface area contributed by atoms with Crippen LogP contribution in [0, 0.1) is 12.8 Å². The number of nitrogens with zero attached hydrogens (tertiary/aromatic N) is 1. The number of benzene rings is 1. The molecule has 0 aliphatic rings. The molecule has 1 rings (SSSR count). The van der Waals surface area contributed by atoms with E-state index in [-0.39, 0.29) is 24.2 Å². The van der Waals surface area contributed by atoms with Crippen molar-refractivity contribution in [2.45, 2.75) is 33.3 Å². The zero-order valence-corrected chi connectivity index (χ0v) is 13.3. The molecule has 0 fully saturated rings. The molecule has 2 N–H and O–H groups in total. The zero-order chi connectivity index (χ0) is 16.2. The lowest BCUT2D eigenvalue weighted by atomic mass is 10.0. The lowest BCUT2D eigenvalue weighted by Crippen LogP contribution is -2.24. The Morgan fingerprint density at radius 3 is 2.38 bits per heavy atom. The number of aliphatic hydroxyl groups is 1. The third-order valence-corrected chi connectivity index (χ3v) is 3.31. The van der Waals surface area contributed by atoms with Crippen molar-refractivity contribution in [2.75, 3.05) is 19.4 Å². The first-order chi connectivity index (χ1) is 9.72. The number of aryl methyl sites for hydroxylation is 1. The molecule has 5 heteroatoms. The van der Waals surface area contributed by atoms with Crippen molar-refractivity contribution in [3.05, 3.63) is 29.3 Å². The molecule has 5 nitrogen and oxygen atoms in total. The fourth-order valence-corrected chi connectivity index (χ4v) is 1.86. The van der Waals surface area contributed by atoms with Gasteiger partial charge in [-0.1, -0.05) is 13.8 Å². The molecular weight excluding hydrogens is 268 g/mol. The van der Waals surface area contributed by atoms with E-state index in [4.69, 9.17) is 0 Å². The van der Waals surface area contributed by atoms with Gasteiger partial charge in [0.25, 0.3) is 5.91 Å². The van der Waals surface area contributed by atoms with E-state index >= 15 is 0 Å². The summed E-state index contributed by atoms with van der Waals surface area (Å²) in [5, 5.41) is 12.4. The number of carbonyl (C=O) groups is 2. The van der Waals surface area contributed by atoms with Crippen LogP contribution in [-0.4, -0.2) is 42.0 Å². The third kappa shape index (κ3) is 4.86. The average molecular weight is 292 g/mol. The molecular formula is C16H24N2O3. The van der Waals surface area contributed by atoms with Crippen molar-refractivity contribution >= 4 is 17.5 Å². The normalized spacial score (nSPS) is 12.1. The molecule has 1 atom stereocenters. The predicted molar refractivity (Wildman–Crippen MR) is 83.3 cm³/mol. The molecule has 21 heavy (non-hydrogen) atoms. The molecule has 2 amide bonds. The monoisotopic (exact) mass is 292 g/mol. The van der Waals surface area contributed by atoms with Crippen LogP contribution >= 0.6 is 0 Å². The van der Waals surface area contributed by atoms with Gasteiger partial charge in [-0.05, 0) is 36.6 Å². The molecule has 0 aromatic heterocycles. The minimum Gasteiger partial charge on any atom is -0.392 e. The number of amides is 2. The lowest BCUT2D eigenvalue weighted by molar-refractivity contribution is -0.118. The molecule has 0 aliphatic carbocycles. The molecule has 1 aromatic rings. The summed E-state index contributed by atoms with van der Waals surface area (Å²) in [7, 11) is 3.40. The van der Waals surface area contributed by atoms with E-state index in [0.717, 1.165) is 5.56 Å². The fourth-order valence-electron chi connectivity index (χ4n) is 1.86. The van der Waals surface area contributed by atoms with Crippen LogP contribution in [0.3, 0.4) is 0 Å². The lowest BCUT2D eigenvalue weighted by Gasteiger charge is -2.15. The molecule has 0 radical (unpaired) electrons. The second-order valence-corrected chi connectivity index (χ2v) is 5.79. The Kier molecular flexibility index (Phi) is 5.90. The molecule has 1 aromatic carbocycles. The summed E-state index contributed by atoms with van der Waals surface area (Å²) in [5.74, 6) is -0.263. The quantitative estimate of drug-likeness (QED) is 0.872. The highest BCUT2D eigenvalue weighted by Gasteiger charge is 2.15. The predicted octanol–water partition coefficient (Wildman–Crippen LogP) is 2.04. The van der Waals surface area contributed by atoms with E-state index in [1.165, 1.54) is 4.90 Å². The van der Waals surface area contributed by atoms with Crippen molar-refractivity contribution in [2.24, 2.45) is 5.92 Å². The first-order valence-corrected chi connectivity index (χ1v) is 7.02. The Morgan fingerprint density at radius 2 is 1.90 bits per heavy atom. The Hall–Kier alpha value is -1.88. The Labute approximate surface area is 126 Å². The Balaban J connectivity index is 2.76.